The van der Waals surface area contributed by atoms with Gasteiger partial charge in [0.05, 0.1) is 11.4 Å². The molecule has 0 aliphatic carbocycles. The summed E-state index contributed by atoms with van der Waals surface area (Å²) in [6.45, 7) is 0.656. The highest BCUT2D eigenvalue weighted by atomic mass is 35.5. The minimum absolute atomic E-state index is 0.264. The monoisotopic (exact) mass is 327 g/mol. The molecule has 1 aromatic heterocycles. The van der Waals surface area contributed by atoms with Gasteiger partial charge in [0, 0.05) is 23.3 Å². The lowest BCUT2D eigenvalue weighted by Gasteiger charge is -2.06. The number of benzene rings is 2. The molecule has 0 amide bonds. The van der Waals surface area contributed by atoms with Crippen LogP contribution in [0.2, 0.25) is 5.02 Å². The van der Waals surface area contributed by atoms with Gasteiger partial charge in [0.25, 0.3) is 0 Å². The van der Waals surface area contributed by atoms with Crippen LogP contribution in [0.4, 0.5) is 0 Å². The molecule has 1 aliphatic heterocycles. The molecular weight excluding hydrogens is 314 g/mol. The van der Waals surface area contributed by atoms with Crippen LogP contribution < -0.4 is 15.2 Å². The fraction of sp³-hybridized carbons (Fsp3) is 0.118. The summed E-state index contributed by atoms with van der Waals surface area (Å²) in [5.74, 6) is 1.51. The van der Waals surface area contributed by atoms with Crippen molar-refractivity contribution in [2.24, 2.45) is 5.73 Å². The average Bonchev–Trinajstić information content (AvgIpc) is 3.23. The third-order valence-electron chi connectivity index (χ3n) is 3.77. The third-order valence-corrected chi connectivity index (χ3v) is 4.14. The van der Waals surface area contributed by atoms with E-state index in [9.17, 15) is 0 Å². The normalized spacial score (nSPS) is 12.6. The Morgan fingerprint density at radius 2 is 1.96 bits per heavy atom. The molecule has 23 heavy (non-hydrogen) atoms. The smallest absolute Gasteiger partial charge is 0.231 e. The third kappa shape index (κ3) is 2.54. The van der Waals surface area contributed by atoms with E-state index < -0.39 is 0 Å². The summed E-state index contributed by atoms with van der Waals surface area (Å²) in [4.78, 5) is 0. The second-order valence-electron chi connectivity index (χ2n) is 5.19. The van der Waals surface area contributed by atoms with Crippen molar-refractivity contribution in [3.63, 3.8) is 0 Å². The summed E-state index contributed by atoms with van der Waals surface area (Å²) in [6, 6.07) is 13.4. The molecule has 1 aliphatic rings. The fourth-order valence-corrected chi connectivity index (χ4v) is 2.73. The fourth-order valence-electron chi connectivity index (χ4n) is 2.54. The largest absolute Gasteiger partial charge is 0.454 e. The molecule has 0 bridgehead atoms. The van der Waals surface area contributed by atoms with Gasteiger partial charge in [-0.15, -0.1) is 0 Å². The van der Waals surface area contributed by atoms with E-state index in [0.29, 0.717) is 11.6 Å². The maximum Gasteiger partial charge on any atom is 0.231 e. The lowest BCUT2D eigenvalue weighted by molar-refractivity contribution is 0.174. The highest BCUT2D eigenvalue weighted by molar-refractivity contribution is 6.31. The van der Waals surface area contributed by atoms with Gasteiger partial charge in [-0.3, -0.25) is 0 Å². The zero-order chi connectivity index (χ0) is 15.8. The first-order valence-corrected chi connectivity index (χ1v) is 7.57. The first-order valence-electron chi connectivity index (χ1n) is 7.19. The molecule has 0 atom stereocenters. The number of aromatic nitrogens is 2. The van der Waals surface area contributed by atoms with E-state index in [0.717, 1.165) is 34.0 Å². The minimum atomic E-state index is 0.264. The summed E-state index contributed by atoms with van der Waals surface area (Å²) in [6.07, 6.45) is 1.91. The molecule has 2 aromatic carbocycles. The van der Waals surface area contributed by atoms with E-state index in [2.05, 4.69) is 5.10 Å². The first kappa shape index (κ1) is 14.1. The lowest BCUT2D eigenvalue weighted by Crippen LogP contribution is -2.01. The number of fused-ring (bicyclic) bond motifs is 1. The van der Waals surface area contributed by atoms with Gasteiger partial charge in [-0.25, -0.2) is 4.68 Å². The van der Waals surface area contributed by atoms with Crippen molar-refractivity contribution < 1.29 is 9.47 Å². The zero-order valence-corrected chi connectivity index (χ0v) is 13.0. The van der Waals surface area contributed by atoms with Crippen LogP contribution in [0.5, 0.6) is 11.5 Å². The van der Waals surface area contributed by atoms with Crippen molar-refractivity contribution in [1.29, 1.82) is 0 Å². The Labute approximate surface area is 138 Å². The van der Waals surface area contributed by atoms with Crippen LogP contribution in [0.25, 0.3) is 16.9 Å². The Bertz CT molecular complexity index is 851. The Kier molecular flexibility index (Phi) is 3.44. The topological polar surface area (TPSA) is 62.3 Å². The van der Waals surface area contributed by atoms with E-state index in [4.69, 9.17) is 26.8 Å². The Balaban J connectivity index is 1.69. The van der Waals surface area contributed by atoms with Gasteiger partial charge in [0.2, 0.25) is 6.79 Å². The van der Waals surface area contributed by atoms with Crippen LogP contribution in [-0.4, -0.2) is 16.6 Å². The van der Waals surface area contributed by atoms with E-state index in [1.54, 1.807) is 4.68 Å². The van der Waals surface area contributed by atoms with Crippen LogP contribution in [0.15, 0.2) is 48.7 Å². The van der Waals surface area contributed by atoms with E-state index in [1.807, 2.05) is 48.7 Å². The molecule has 0 fully saturated rings. The molecule has 3 aromatic rings. The molecule has 116 valence electrons. The van der Waals surface area contributed by atoms with Gasteiger partial charge in [-0.2, -0.15) is 5.10 Å². The summed E-state index contributed by atoms with van der Waals surface area (Å²) in [7, 11) is 0. The van der Waals surface area contributed by atoms with Gasteiger partial charge in [0.15, 0.2) is 11.5 Å². The number of hydrogen-bond acceptors (Lipinski definition) is 4. The van der Waals surface area contributed by atoms with Crippen LogP contribution in [0.1, 0.15) is 5.56 Å². The molecule has 0 radical (unpaired) electrons. The van der Waals surface area contributed by atoms with Gasteiger partial charge in [0.1, 0.15) is 0 Å². The van der Waals surface area contributed by atoms with Crippen molar-refractivity contribution in [2.75, 3.05) is 6.79 Å². The lowest BCUT2D eigenvalue weighted by atomic mass is 10.1. The molecular formula is C17H14ClN3O2. The Hall–Kier alpha value is -2.50. The molecule has 2 N–H and O–H groups in total. The second-order valence-corrected chi connectivity index (χ2v) is 5.60. The number of nitrogens with zero attached hydrogens (tertiary/aromatic N) is 2. The zero-order valence-electron chi connectivity index (χ0n) is 12.2. The minimum Gasteiger partial charge on any atom is -0.454 e. The van der Waals surface area contributed by atoms with Crippen molar-refractivity contribution in [3.05, 3.63) is 59.2 Å². The van der Waals surface area contributed by atoms with Crippen molar-refractivity contribution in [1.82, 2.24) is 9.78 Å². The number of rotatable bonds is 3. The summed E-state index contributed by atoms with van der Waals surface area (Å²) < 4.78 is 12.5. The average molecular weight is 328 g/mol. The van der Waals surface area contributed by atoms with Gasteiger partial charge < -0.3 is 15.2 Å². The molecule has 0 saturated carbocycles. The second kappa shape index (κ2) is 5.61. The predicted octanol–water partition coefficient (Wildman–Crippen LogP) is 3.38. The molecule has 0 unspecified atom stereocenters. The number of hydrogen-bond donors (Lipinski definition) is 1. The van der Waals surface area contributed by atoms with Gasteiger partial charge >= 0.3 is 0 Å². The number of halogens is 1. The van der Waals surface area contributed by atoms with E-state index in [-0.39, 0.29) is 6.79 Å². The van der Waals surface area contributed by atoms with Crippen molar-refractivity contribution in [3.8, 4) is 28.4 Å². The molecule has 4 rings (SSSR count). The highest BCUT2D eigenvalue weighted by Crippen LogP contribution is 2.35. The first-order chi connectivity index (χ1) is 11.2. The predicted molar refractivity (Wildman–Crippen MR) is 88.0 cm³/mol. The number of nitrogens with two attached hydrogens (primary N) is 1. The molecule has 6 heteroatoms. The number of ether oxygens (including phenoxy) is 2. The van der Waals surface area contributed by atoms with E-state index in [1.165, 1.54) is 0 Å². The maximum atomic E-state index is 6.10. The maximum absolute atomic E-state index is 6.10. The molecule has 2 heterocycles. The summed E-state index contributed by atoms with van der Waals surface area (Å²) in [5.41, 5.74) is 9.34. The summed E-state index contributed by atoms with van der Waals surface area (Å²) >= 11 is 6.10. The van der Waals surface area contributed by atoms with Crippen LogP contribution in [-0.2, 0) is 6.54 Å². The van der Waals surface area contributed by atoms with Crippen molar-refractivity contribution in [2.45, 2.75) is 6.54 Å². The Morgan fingerprint density at radius 1 is 1.09 bits per heavy atom. The molecule has 0 saturated heterocycles. The molecule has 5 nitrogen and oxygen atoms in total. The summed E-state index contributed by atoms with van der Waals surface area (Å²) in [5, 5.41) is 5.28. The standard InChI is InChI=1S/C17H14ClN3O2/c18-14-3-2-13(7-12(14)9-19)21-6-5-15(20-21)11-1-4-16-17(8-11)23-10-22-16/h1-8H,9-10,19H2. The van der Waals surface area contributed by atoms with Crippen molar-refractivity contribution >= 4 is 11.6 Å². The SMILES string of the molecule is NCc1cc(-n2ccc(-c3ccc4c(c3)OCO4)n2)ccc1Cl. The van der Waals surface area contributed by atoms with Gasteiger partial charge in [-0.1, -0.05) is 11.6 Å². The highest BCUT2D eigenvalue weighted by Gasteiger charge is 2.15. The van der Waals surface area contributed by atoms with Crippen LogP contribution in [0.3, 0.4) is 0 Å². The Morgan fingerprint density at radius 3 is 2.83 bits per heavy atom. The van der Waals surface area contributed by atoms with Crippen LogP contribution >= 0.6 is 11.6 Å². The van der Waals surface area contributed by atoms with Gasteiger partial charge in [-0.05, 0) is 48.0 Å². The quantitative estimate of drug-likeness (QED) is 0.801. The van der Waals surface area contributed by atoms with Crippen LogP contribution in [0, 0.1) is 0 Å². The van der Waals surface area contributed by atoms with E-state index >= 15 is 0 Å². The molecule has 0 spiro atoms.